The number of nitro groups is 2. The smallest absolute Gasteiger partial charge is 0.280 e. The van der Waals surface area contributed by atoms with Gasteiger partial charge < -0.3 is 4.74 Å². The van der Waals surface area contributed by atoms with Gasteiger partial charge in [-0.25, -0.2) is 8.78 Å². The van der Waals surface area contributed by atoms with E-state index in [9.17, 15) is 29.0 Å². The van der Waals surface area contributed by atoms with Crippen molar-refractivity contribution in [2.45, 2.75) is 0 Å². The zero-order valence-electron chi connectivity index (χ0n) is 20.5. The number of ether oxygens (including phenoxy) is 1. The van der Waals surface area contributed by atoms with Crippen molar-refractivity contribution in [3.05, 3.63) is 163 Å². The van der Waals surface area contributed by atoms with E-state index >= 15 is 0 Å². The molecule has 0 aliphatic heterocycles. The molecule has 0 saturated carbocycles. The summed E-state index contributed by atoms with van der Waals surface area (Å²) in [7, 11) is 0. The molecule has 7 nitrogen and oxygen atoms in total. The first kappa shape index (κ1) is 27.0. The predicted octanol–water partition coefficient (Wildman–Crippen LogP) is 7.36. The zero-order valence-corrected chi connectivity index (χ0v) is 20.5. The van der Waals surface area contributed by atoms with E-state index in [1.165, 1.54) is 12.1 Å². The number of halogens is 2. The predicted molar refractivity (Wildman–Crippen MR) is 144 cm³/mol. The summed E-state index contributed by atoms with van der Waals surface area (Å²) in [5.74, 6) is -1.44. The summed E-state index contributed by atoms with van der Waals surface area (Å²) in [6, 6.07) is 24.6. The van der Waals surface area contributed by atoms with Gasteiger partial charge in [-0.15, -0.1) is 0 Å². The van der Waals surface area contributed by atoms with Crippen molar-refractivity contribution < 1.29 is 23.4 Å². The molecule has 0 heterocycles. The molecule has 196 valence electrons. The Morgan fingerprint density at radius 3 is 1.38 bits per heavy atom. The fraction of sp³-hybridized carbons (Fsp3) is 0.0667. The van der Waals surface area contributed by atoms with Crippen LogP contribution < -0.4 is 0 Å². The molecule has 0 bridgehead atoms. The minimum absolute atomic E-state index is 0.0306. The average molecular weight is 529 g/mol. The van der Waals surface area contributed by atoms with Crippen molar-refractivity contribution in [3.63, 3.8) is 0 Å². The third-order valence-electron chi connectivity index (χ3n) is 5.87. The Labute approximate surface area is 222 Å². The molecule has 0 radical (unpaired) electrons. The molecule has 0 amide bonds. The van der Waals surface area contributed by atoms with E-state index in [0.29, 0.717) is 22.3 Å². The van der Waals surface area contributed by atoms with Crippen LogP contribution in [0, 0.1) is 31.9 Å². The third kappa shape index (κ3) is 6.65. The van der Waals surface area contributed by atoms with Crippen molar-refractivity contribution in [3.8, 4) is 0 Å². The summed E-state index contributed by atoms with van der Waals surface area (Å²) in [5, 5.41) is 23.3. The fourth-order valence-electron chi connectivity index (χ4n) is 4.12. The van der Waals surface area contributed by atoms with Crippen LogP contribution in [0.15, 0.2) is 109 Å². The maximum absolute atomic E-state index is 13.8. The molecule has 0 aromatic heterocycles. The molecule has 0 aliphatic carbocycles. The second kappa shape index (κ2) is 12.5. The van der Waals surface area contributed by atoms with Crippen LogP contribution in [0.2, 0.25) is 0 Å². The Balaban J connectivity index is 1.65. The van der Waals surface area contributed by atoms with Crippen molar-refractivity contribution in [2.75, 3.05) is 13.2 Å². The van der Waals surface area contributed by atoms with Crippen LogP contribution in [0.3, 0.4) is 0 Å². The lowest BCUT2D eigenvalue weighted by Crippen LogP contribution is -2.01. The van der Waals surface area contributed by atoms with E-state index in [1.54, 1.807) is 72.8 Å². The average Bonchev–Trinajstić information content (AvgIpc) is 2.94. The number of nitrogens with zero attached hydrogens (tertiary/aromatic N) is 2. The van der Waals surface area contributed by atoms with Crippen LogP contribution in [0.25, 0.3) is 11.1 Å². The molecule has 0 saturated heterocycles. The Hall–Kier alpha value is -5.02. The summed E-state index contributed by atoms with van der Waals surface area (Å²) in [4.78, 5) is 22.0. The Morgan fingerprint density at radius 1 is 0.641 bits per heavy atom. The number of hydrogen-bond acceptors (Lipinski definition) is 5. The summed E-state index contributed by atoms with van der Waals surface area (Å²) >= 11 is 0. The van der Waals surface area contributed by atoms with E-state index in [-0.39, 0.29) is 35.7 Å². The summed E-state index contributed by atoms with van der Waals surface area (Å²) in [5.41, 5.74) is 2.06. The van der Waals surface area contributed by atoms with Crippen LogP contribution in [-0.4, -0.2) is 23.1 Å². The molecular weight excluding hydrogens is 506 g/mol. The maximum Gasteiger partial charge on any atom is 0.280 e. The van der Waals surface area contributed by atoms with Gasteiger partial charge in [0.05, 0.1) is 46.3 Å². The second-order valence-corrected chi connectivity index (χ2v) is 8.34. The van der Waals surface area contributed by atoms with Crippen molar-refractivity contribution in [1.82, 2.24) is 0 Å². The highest BCUT2D eigenvalue weighted by atomic mass is 19.1. The number of nitro benzene ring substituents is 2. The van der Waals surface area contributed by atoms with Gasteiger partial charge in [0, 0.05) is 0 Å². The van der Waals surface area contributed by atoms with Gasteiger partial charge in [-0.3, -0.25) is 20.2 Å². The topological polar surface area (TPSA) is 95.5 Å². The minimum Gasteiger partial charge on any atom is -0.373 e. The van der Waals surface area contributed by atoms with Gasteiger partial charge in [0.15, 0.2) is 0 Å². The number of benzene rings is 4. The van der Waals surface area contributed by atoms with Crippen molar-refractivity contribution in [1.29, 1.82) is 0 Å². The summed E-state index contributed by atoms with van der Waals surface area (Å²) < 4.78 is 33.3. The summed E-state index contributed by atoms with van der Waals surface area (Å²) in [6.07, 6.45) is 3.32. The molecule has 39 heavy (non-hydrogen) atoms. The molecular formula is C30H22F2N2O5. The highest BCUT2D eigenvalue weighted by molar-refractivity contribution is 5.85. The molecule has 0 N–H and O–H groups in total. The lowest BCUT2D eigenvalue weighted by Gasteiger charge is -2.11. The van der Waals surface area contributed by atoms with E-state index in [0.717, 1.165) is 24.3 Å². The maximum atomic E-state index is 13.8. The first-order valence-electron chi connectivity index (χ1n) is 11.8. The van der Waals surface area contributed by atoms with Gasteiger partial charge in [0.25, 0.3) is 11.4 Å². The van der Waals surface area contributed by atoms with Crippen LogP contribution in [-0.2, 0) is 4.74 Å². The van der Waals surface area contributed by atoms with Crippen LogP contribution in [0.5, 0.6) is 0 Å². The highest BCUT2D eigenvalue weighted by Crippen LogP contribution is 2.33. The standard InChI is InChI=1S/C30H22F2N2O5/c31-23-11-13-27(29(19-23)33(35)36)25(21-7-3-1-4-8-21)15-17-39-18-16-26(22-9-5-2-6-10-22)28-14-12-24(32)20-30(28)34(37)38/h1-16,19-20H,17-18H2/b25-15+,26-16+. The normalized spacial score (nSPS) is 11.8. The first-order chi connectivity index (χ1) is 18.8. The zero-order chi connectivity index (χ0) is 27.8. The molecule has 4 aromatic rings. The Bertz CT molecular complexity index is 1440. The molecule has 4 aromatic carbocycles. The Morgan fingerprint density at radius 2 is 1.03 bits per heavy atom. The molecule has 0 spiro atoms. The minimum atomic E-state index is -0.720. The van der Waals surface area contributed by atoms with E-state index in [4.69, 9.17) is 4.74 Å². The van der Waals surface area contributed by atoms with Crippen LogP contribution >= 0.6 is 0 Å². The number of rotatable bonds is 10. The van der Waals surface area contributed by atoms with Crippen molar-refractivity contribution >= 4 is 22.5 Å². The van der Waals surface area contributed by atoms with E-state index in [2.05, 4.69) is 0 Å². The lowest BCUT2D eigenvalue weighted by molar-refractivity contribution is -0.385. The largest absolute Gasteiger partial charge is 0.373 e. The monoisotopic (exact) mass is 528 g/mol. The van der Waals surface area contributed by atoms with Gasteiger partial charge in [0.1, 0.15) is 11.6 Å². The van der Waals surface area contributed by atoms with Crippen LogP contribution in [0.1, 0.15) is 22.3 Å². The Kier molecular flexibility index (Phi) is 8.65. The van der Waals surface area contributed by atoms with Crippen LogP contribution in [0.4, 0.5) is 20.2 Å². The fourth-order valence-corrected chi connectivity index (χ4v) is 4.12. The van der Waals surface area contributed by atoms with Gasteiger partial charge in [-0.1, -0.05) is 72.8 Å². The van der Waals surface area contributed by atoms with Gasteiger partial charge in [-0.2, -0.15) is 0 Å². The lowest BCUT2D eigenvalue weighted by atomic mass is 9.96. The second-order valence-electron chi connectivity index (χ2n) is 8.34. The third-order valence-corrected chi connectivity index (χ3v) is 5.87. The SMILES string of the molecule is O=[N+]([O-])c1cc(F)ccc1/C(=C/COC/C=C(\c1ccccc1)c1ccc(F)cc1[N+](=O)[O-])c1ccccc1. The molecule has 0 unspecified atom stereocenters. The molecule has 0 fully saturated rings. The van der Waals surface area contributed by atoms with E-state index in [1.807, 2.05) is 0 Å². The molecule has 4 rings (SSSR count). The first-order valence-corrected chi connectivity index (χ1v) is 11.8. The quantitative estimate of drug-likeness (QED) is 0.122. The van der Waals surface area contributed by atoms with Gasteiger partial charge in [-0.05, 0) is 46.5 Å². The molecule has 0 aliphatic rings. The van der Waals surface area contributed by atoms with Crippen molar-refractivity contribution in [2.24, 2.45) is 0 Å². The van der Waals surface area contributed by atoms with E-state index < -0.39 is 21.5 Å². The number of hydrogen-bond donors (Lipinski definition) is 0. The highest BCUT2D eigenvalue weighted by Gasteiger charge is 2.20. The molecule has 0 atom stereocenters. The summed E-state index contributed by atoms with van der Waals surface area (Å²) in [6.45, 7) is 0.0612. The van der Waals surface area contributed by atoms with Gasteiger partial charge >= 0.3 is 0 Å². The van der Waals surface area contributed by atoms with Gasteiger partial charge in [0.2, 0.25) is 0 Å². The molecule has 9 heteroatoms.